The topological polar surface area (TPSA) is 88.7 Å². The number of ether oxygens (including phenoxy) is 2. The molecule has 0 saturated heterocycles. The van der Waals surface area contributed by atoms with Crippen molar-refractivity contribution in [2.24, 2.45) is 5.92 Å². The van der Waals surface area contributed by atoms with Crippen LogP contribution >= 0.6 is 11.6 Å². The van der Waals surface area contributed by atoms with Gasteiger partial charge in [0, 0.05) is 18.6 Å². The molecule has 3 N–H and O–H groups in total. The van der Waals surface area contributed by atoms with Gasteiger partial charge in [0.1, 0.15) is 11.5 Å². The van der Waals surface area contributed by atoms with E-state index in [1.807, 2.05) is 27.7 Å². The number of hydrogen-bond donors (Lipinski definition) is 3. The van der Waals surface area contributed by atoms with Crippen molar-refractivity contribution >= 4 is 40.6 Å². The summed E-state index contributed by atoms with van der Waals surface area (Å²) in [4.78, 5) is 24.7. The first-order valence-corrected chi connectivity index (χ1v) is 10.3. The van der Waals surface area contributed by atoms with E-state index in [1.54, 1.807) is 36.4 Å². The number of hydrogen-bond acceptors (Lipinski definition) is 4. The molecule has 0 unspecified atom stereocenters. The highest BCUT2D eigenvalue weighted by Crippen LogP contribution is 2.37. The average molecular weight is 434 g/mol. The summed E-state index contributed by atoms with van der Waals surface area (Å²) in [6, 6.07) is 9.73. The van der Waals surface area contributed by atoms with Crippen molar-refractivity contribution in [3.8, 4) is 11.5 Å². The second-order valence-corrected chi connectivity index (χ2v) is 7.32. The summed E-state index contributed by atoms with van der Waals surface area (Å²) in [5.41, 5.74) is 1.38. The van der Waals surface area contributed by atoms with Gasteiger partial charge >= 0.3 is 6.03 Å². The number of rotatable bonds is 9. The van der Waals surface area contributed by atoms with Crippen molar-refractivity contribution in [1.82, 2.24) is 0 Å². The monoisotopic (exact) mass is 433 g/mol. The highest BCUT2D eigenvalue weighted by molar-refractivity contribution is 6.33. The quantitative estimate of drug-likeness (QED) is 0.468. The van der Waals surface area contributed by atoms with Gasteiger partial charge in [-0.2, -0.15) is 0 Å². The minimum Gasteiger partial charge on any atom is -0.492 e. The molecule has 7 nitrogen and oxygen atoms in total. The molecule has 0 saturated carbocycles. The summed E-state index contributed by atoms with van der Waals surface area (Å²) in [5, 5.41) is 8.75. The van der Waals surface area contributed by atoms with Gasteiger partial charge in [0.05, 0.1) is 35.3 Å². The van der Waals surface area contributed by atoms with Crippen LogP contribution in [-0.2, 0) is 4.79 Å². The van der Waals surface area contributed by atoms with Crippen molar-refractivity contribution in [3.63, 3.8) is 0 Å². The van der Waals surface area contributed by atoms with Crippen molar-refractivity contribution in [3.05, 3.63) is 41.4 Å². The Kier molecular flexibility index (Phi) is 8.80. The maximum atomic E-state index is 12.5. The summed E-state index contributed by atoms with van der Waals surface area (Å²) in [6.07, 6.45) is 0.385. The van der Waals surface area contributed by atoms with Crippen molar-refractivity contribution in [2.75, 3.05) is 29.2 Å². The highest BCUT2D eigenvalue weighted by atomic mass is 35.5. The molecule has 0 radical (unpaired) electrons. The number of amides is 3. The lowest BCUT2D eigenvalue weighted by molar-refractivity contribution is -0.116. The fourth-order valence-electron chi connectivity index (χ4n) is 2.72. The van der Waals surface area contributed by atoms with Crippen LogP contribution in [0.25, 0.3) is 0 Å². The molecule has 0 atom stereocenters. The molecular weight excluding hydrogens is 406 g/mol. The first-order chi connectivity index (χ1) is 14.3. The normalized spacial score (nSPS) is 10.5. The zero-order chi connectivity index (χ0) is 22.1. The van der Waals surface area contributed by atoms with E-state index in [9.17, 15) is 9.59 Å². The number of anilines is 3. The third-order valence-corrected chi connectivity index (χ3v) is 4.25. The van der Waals surface area contributed by atoms with E-state index in [0.717, 1.165) is 0 Å². The molecule has 162 valence electrons. The van der Waals surface area contributed by atoms with Crippen molar-refractivity contribution in [1.29, 1.82) is 0 Å². The molecule has 0 aliphatic heterocycles. The smallest absolute Gasteiger partial charge is 0.323 e. The Hall–Kier alpha value is -2.93. The summed E-state index contributed by atoms with van der Waals surface area (Å²) < 4.78 is 11.3. The van der Waals surface area contributed by atoms with Crippen LogP contribution in [0.15, 0.2) is 36.4 Å². The number of halogens is 1. The maximum Gasteiger partial charge on any atom is 0.323 e. The molecule has 2 rings (SSSR count). The number of nitrogens with one attached hydrogen (secondary N) is 3. The number of carbonyl (C=O) groups excluding carboxylic acids is 2. The molecule has 3 amide bonds. The number of benzene rings is 2. The fraction of sp³-hybridized carbons (Fsp3) is 0.364. The Morgan fingerprint density at radius 1 is 0.900 bits per heavy atom. The molecule has 0 aliphatic rings. The van der Waals surface area contributed by atoms with Crippen LogP contribution in [0.3, 0.4) is 0 Å². The Bertz CT molecular complexity index is 887. The molecule has 0 bridgehead atoms. The molecule has 8 heteroatoms. The lowest BCUT2D eigenvalue weighted by Gasteiger charge is -2.18. The van der Waals surface area contributed by atoms with E-state index >= 15 is 0 Å². The van der Waals surface area contributed by atoms with Crippen LogP contribution in [0.2, 0.25) is 5.02 Å². The molecule has 2 aromatic rings. The average Bonchev–Trinajstić information content (AvgIpc) is 2.66. The third-order valence-electron chi connectivity index (χ3n) is 3.92. The summed E-state index contributed by atoms with van der Waals surface area (Å²) >= 11 is 6.10. The molecule has 0 aromatic heterocycles. The summed E-state index contributed by atoms with van der Waals surface area (Å²) in [6.45, 7) is 8.40. The van der Waals surface area contributed by atoms with Crippen molar-refractivity contribution < 1.29 is 19.1 Å². The maximum absolute atomic E-state index is 12.5. The standard InChI is InChI=1S/C22H28ClN3O4/c1-5-29-19-13-18(26-22(28)25-16-10-8-7-9-15(16)23)20(30-6-2)12-17(19)24-21(27)11-14(3)4/h7-10,12-14H,5-6,11H2,1-4H3,(H,24,27)(H2,25,26,28). The van der Waals surface area contributed by atoms with Crippen LogP contribution in [0, 0.1) is 5.92 Å². The Morgan fingerprint density at radius 2 is 1.43 bits per heavy atom. The van der Waals surface area contributed by atoms with Crippen LogP contribution in [0.1, 0.15) is 34.1 Å². The number of carbonyl (C=O) groups is 2. The zero-order valence-corrected chi connectivity index (χ0v) is 18.4. The zero-order valence-electron chi connectivity index (χ0n) is 17.7. The summed E-state index contributed by atoms with van der Waals surface area (Å²) in [7, 11) is 0. The first kappa shape index (κ1) is 23.3. The van der Waals surface area contributed by atoms with Gasteiger partial charge in [-0.05, 0) is 31.9 Å². The van der Waals surface area contributed by atoms with Gasteiger partial charge in [-0.3, -0.25) is 4.79 Å². The van der Waals surface area contributed by atoms with E-state index in [0.29, 0.717) is 53.2 Å². The predicted octanol–water partition coefficient (Wildman–Crippen LogP) is 5.77. The highest BCUT2D eigenvalue weighted by Gasteiger charge is 2.17. The van der Waals surface area contributed by atoms with E-state index in [2.05, 4.69) is 16.0 Å². The molecular formula is C22H28ClN3O4. The molecule has 30 heavy (non-hydrogen) atoms. The second-order valence-electron chi connectivity index (χ2n) is 6.92. The Labute approximate surface area is 182 Å². The van der Waals surface area contributed by atoms with Crippen LogP contribution < -0.4 is 25.4 Å². The van der Waals surface area contributed by atoms with Crippen LogP contribution in [0.5, 0.6) is 11.5 Å². The summed E-state index contributed by atoms with van der Waals surface area (Å²) in [5.74, 6) is 0.952. The fourth-order valence-corrected chi connectivity index (χ4v) is 2.90. The minimum atomic E-state index is -0.483. The first-order valence-electron chi connectivity index (χ1n) is 9.90. The number of para-hydroxylation sites is 1. The second kappa shape index (κ2) is 11.3. The van der Waals surface area contributed by atoms with Gasteiger partial charge in [0.2, 0.25) is 5.91 Å². The van der Waals surface area contributed by atoms with E-state index in [4.69, 9.17) is 21.1 Å². The molecule has 2 aromatic carbocycles. The molecule has 0 heterocycles. The van der Waals surface area contributed by atoms with Gasteiger partial charge in [0.25, 0.3) is 0 Å². The van der Waals surface area contributed by atoms with Gasteiger partial charge in [-0.25, -0.2) is 4.79 Å². The van der Waals surface area contributed by atoms with Gasteiger partial charge < -0.3 is 25.4 Å². The van der Waals surface area contributed by atoms with Crippen LogP contribution in [-0.4, -0.2) is 25.2 Å². The third kappa shape index (κ3) is 6.84. The van der Waals surface area contributed by atoms with Crippen LogP contribution in [0.4, 0.5) is 21.9 Å². The van der Waals surface area contributed by atoms with Gasteiger partial charge in [0.15, 0.2) is 0 Å². The lowest BCUT2D eigenvalue weighted by atomic mass is 10.1. The minimum absolute atomic E-state index is 0.120. The Balaban J connectivity index is 2.28. The molecule has 0 fully saturated rings. The van der Waals surface area contributed by atoms with Crippen molar-refractivity contribution in [2.45, 2.75) is 34.1 Å². The van der Waals surface area contributed by atoms with E-state index < -0.39 is 6.03 Å². The largest absolute Gasteiger partial charge is 0.492 e. The lowest BCUT2D eigenvalue weighted by Crippen LogP contribution is -2.20. The van der Waals surface area contributed by atoms with E-state index in [-0.39, 0.29) is 11.8 Å². The van der Waals surface area contributed by atoms with E-state index in [1.165, 1.54) is 0 Å². The number of urea groups is 1. The van der Waals surface area contributed by atoms with Gasteiger partial charge in [-0.1, -0.05) is 37.6 Å². The predicted molar refractivity (Wildman–Crippen MR) is 121 cm³/mol. The SMILES string of the molecule is CCOc1cc(NC(=O)Nc2ccccc2Cl)c(OCC)cc1NC(=O)CC(C)C. The molecule has 0 spiro atoms. The molecule has 0 aliphatic carbocycles. The Morgan fingerprint density at radius 3 is 1.97 bits per heavy atom. The van der Waals surface area contributed by atoms with Gasteiger partial charge in [-0.15, -0.1) is 0 Å².